The molecule has 1 aliphatic heterocycles. The van der Waals surface area contributed by atoms with Crippen molar-refractivity contribution in [2.75, 3.05) is 6.54 Å². The zero-order valence-electron chi connectivity index (χ0n) is 7.96. The molecule has 1 heterocycles. The summed E-state index contributed by atoms with van der Waals surface area (Å²) in [6.45, 7) is 0.961. The Labute approximate surface area is 79.1 Å². The van der Waals surface area contributed by atoms with Gasteiger partial charge >= 0.3 is 0 Å². The Hall–Kier alpha value is -0.570. The van der Waals surface area contributed by atoms with Gasteiger partial charge in [-0.1, -0.05) is 12.8 Å². The standard InChI is InChI=1S/C10H18N2O/c11-10(13)8-5-6-12-9(8)4-3-7-1-2-7/h7-9,12H,1-6H2,(H2,11,13). The van der Waals surface area contributed by atoms with Crippen LogP contribution in [0.25, 0.3) is 0 Å². The zero-order chi connectivity index (χ0) is 9.26. The summed E-state index contributed by atoms with van der Waals surface area (Å²) >= 11 is 0. The summed E-state index contributed by atoms with van der Waals surface area (Å²) in [5.74, 6) is 0.931. The third kappa shape index (κ3) is 2.21. The smallest absolute Gasteiger partial charge is 0.222 e. The van der Waals surface area contributed by atoms with Crippen molar-refractivity contribution in [3.63, 3.8) is 0 Å². The molecule has 2 unspecified atom stereocenters. The van der Waals surface area contributed by atoms with E-state index in [4.69, 9.17) is 5.73 Å². The van der Waals surface area contributed by atoms with Gasteiger partial charge in [-0.2, -0.15) is 0 Å². The van der Waals surface area contributed by atoms with Gasteiger partial charge in [0.15, 0.2) is 0 Å². The topological polar surface area (TPSA) is 55.1 Å². The van der Waals surface area contributed by atoms with Gasteiger partial charge < -0.3 is 11.1 Å². The zero-order valence-corrected chi connectivity index (χ0v) is 7.96. The lowest BCUT2D eigenvalue weighted by molar-refractivity contribution is -0.122. The highest BCUT2D eigenvalue weighted by molar-refractivity contribution is 5.77. The maximum Gasteiger partial charge on any atom is 0.222 e. The summed E-state index contributed by atoms with van der Waals surface area (Å²) in [7, 11) is 0. The van der Waals surface area contributed by atoms with Crippen molar-refractivity contribution in [3.05, 3.63) is 0 Å². The van der Waals surface area contributed by atoms with E-state index in [1.807, 2.05) is 0 Å². The lowest BCUT2D eigenvalue weighted by atomic mass is 9.95. The number of amides is 1. The normalized spacial score (nSPS) is 33.5. The van der Waals surface area contributed by atoms with Crippen LogP contribution in [0, 0.1) is 11.8 Å². The molecule has 0 radical (unpaired) electrons. The van der Waals surface area contributed by atoms with Crippen LogP contribution in [0.15, 0.2) is 0 Å². The van der Waals surface area contributed by atoms with E-state index in [0.29, 0.717) is 6.04 Å². The molecule has 74 valence electrons. The largest absolute Gasteiger partial charge is 0.369 e. The monoisotopic (exact) mass is 182 g/mol. The Morgan fingerprint density at radius 3 is 2.69 bits per heavy atom. The molecule has 3 N–H and O–H groups in total. The highest BCUT2D eigenvalue weighted by atomic mass is 16.1. The molecule has 2 atom stereocenters. The molecule has 3 heteroatoms. The quantitative estimate of drug-likeness (QED) is 0.670. The molecule has 0 spiro atoms. The Bertz CT molecular complexity index is 201. The van der Waals surface area contributed by atoms with Crippen LogP contribution in [0.1, 0.15) is 32.1 Å². The van der Waals surface area contributed by atoms with Crippen molar-refractivity contribution < 1.29 is 4.79 Å². The Morgan fingerprint density at radius 1 is 1.31 bits per heavy atom. The van der Waals surface area contributed by atoms with E-state index in [1.165, 1.54) is 19.3 Å². The number of primary amides is 1. The number of rotatable bonds is 4. The van der Waals surface area contributed by atoms with E-state index in [0.717, 1.165) is 25.3 Å². The third-order valence-corrected chi connectivity index (χ3v) is 3.30. The molecule has 0 aromatic rings. The van der Waals surface area contributed by atoms with Crippen LogP contribution in [0.4, 0.5) is 0 Å². The molecule has 2 aliphatic rings. The van der Waals surface area contributed by atoms with Crippen molar-refractivity contribution in [2.45, 2.75) is 38.1 Å². The second kappa shape index (κ2) is 3.66. The van der Waals surface area contributed by atoms with Crippen LogP contribution in [-0.2, 0) is 4.79 Å². The van der Waals surface area contributed by atoms with Crippen molar-refractivity contribution in [1.82, 2.24) is 5.32 Å². The van der Waals surface area contributed by atoms with E-state index in [-0.39, 0.29) is 11.8 Å². The Kier molecular flexibility index (Phi) is 2.54. The van der Waals surface area contributed by atoms with Crippen LogP contribution in [0.2, 0.25) is 0 Å². The van der Waals surface area contributed by atoms with Crippen molar-refractivity contribution in [1.29, 1.82) is 0 Å². The van der Waals surface area contributed by atoms with Gasteiger partial charge in [-0.3, -0.25) is 4.79 Å². The minimum absolute atomic E-state index is 0.0961. The van der Waals surface area contributed by atoms with Gasteiger partial charge in [0.05, 0.1) is 5.92 Å². The maximum absolute atomic E-state index is 11.1. The van der Waals surface area contributed by atoms with Crippen molar-refractivity contribution in [3.8, 4) is 0 Å². The lowest BCUT2D eigenvalue weighted by Crippen LogP contribution is -2.35. The first kappa shape index (κ1) is 9.00. The first-order valence-corrected chi connectivity index (χ1v) is 5.30. The fourth-order valence-corrected chi connectivity index (χ4v) is 2.23. The minimum Gasteiger partial charge on any atom is -0.369 e. The van der Waals surface area contributed by atoms with E-state index < -0.39 is 0 Å². The number of carbonyl (C=O) groups excluding carboxylic acids is 1. The lowest BCUT2D eigenvalue weighted by Gasteiger charge is -2.15. The second-order valence-electron chi connectivity index (χ2n) is 4.38. The van der Waals surface area contributed by atoms with Crippen LogP contribution < -0.4 is 11.1 Å². The fourth-order valence-electron chi connectivity index (χ4n) is 2.23. The van der Waals surface area contributed by atoms with E-state index in [1.54, 1.807) is 0 Å². The number of nitrogens with two attached hydrogens (primary N) is 1. The molecule has 1 aliphatic carbocycles. The summed E-state index contributed by atoms with van der Waals surface area (Å²) in [6, 6.07) is 0.373. The Morgan fingerprint density at radius 2 is 2.08 bits per heavy atom. The second-order valence-corrected chi connectivity index (χ2v) is 4.38. The van der Waals surface area contributed by atoms with Gasteiger partial charge in [-0.15, -0.1) is 0 Å². The molecular formula is C10H18N2O. The predicted molar refractivity (Wildman–Crippen MR) is 51.1 cm³/mol. The first-order valence-electron chi connectivity index (χ1n) is 5.30. The predicted octanol–water partition coefficient (Wildman–Crippen LogP) is 0.640. The van der Waals surface area contributed by atoms with Crippen LogP contribution >= 0.6 is 0 Å². The molecule has 1 amide bonds. The maximum atomic E-state index is 11.1. The summed E-state index contributed by atoms with van der Waals surface area (Å²) in [4.78, 5) is 11.1. The van der Waals surface area contributed by atoms with E-state index in [9.17, 15) is 4.79 Å². The molecule has 1 saturated heterocycles. The summed E-state index contributed by atoms with van der Waals surface area (Å²) < 4.78 is 0. The molecule has 2 fully saturated rings. The highest BCUT2D eigenvalue weighted by Crippen LogP contribution is 2.35. The van der Waals surface area contributed by atoms with Gasteiger partial charge in [0, 0.05) is 6.04 Å². The molecule has 0 aromatic heterocycles. The van der Waals surface area contributed by atoms with Gasteiger partial charge in [0.25, 0.3) is 0 Å². The van der Waals surface area contributed by atoms with Crippen LogP contribution in [0.3, 0.4) is 0 Å². The molecular weight excluding hydrogens is 164 g/mol. The number of hydrogen-bond donors (Lipinski definition) is 2. The third-order valence-electron chi connectivity index (χ3n) is 3.30. The summed E-state index contributed by atoms with van der Waals surface area (Å²) in [5, 5.41) is 3.37. The summed E-state index contributed by atoms with van der Waals surface area (Å²) in [5.41, 5.74) is 5.33. The van der Waals surface area contributed by atoms with Crippen molar-refractivity contribution >= 4 is 5.91 Å². The SMILES string of the molecule is NC(=O)C1CCNC1CCC1CC1. The fraction of sp³-hybridized carbons (Fsp3) is 0.900. The Balaban J connectivity index is 1.78. The molecule has 2 rings (SSSR count). The van der Waals surface area contributed by atoms with Gasteiger partial charge in [0.2, 0.25) is 5.91 Å². The number of carbonyl (C=O) groups is 1. The van der Waals surface area contributed by atoms with Crippen molar-refractivity contribution in [2.24, 2.45) is 17.6 Å². The molecule has 3 nitrogen and oxygen atoms in total. The van der Waals surface area contributed by atoms with Crippen LogP contribution in [0.5, 0.6) is 0 Å². The molecule has 0 aromatic carbocycles. The van der Waals surface area contributed by atoms with Gasteiger partial charge in [-0.05, 0) is 31.7 Å². The molecule has 1 saturated carbocycles. The number of hydrogen-bond acceptors (Lipinski definition) is 2. The first-order chi connectivity index (χ1) is 6.27. The van der Waals surface area contributed by atoms with E-state index in [2.05, 4.69) is 5.32 Å². The number of nitrogens with one attached hydrogen (secondary N) is 1. The summed E-state index contributed by atoms with van der Waals surface area (Å²) in [6.07, 6.45) is 6.15. The average Bonchev–Trinajstić information content (AvgIpc) is 2.79. The van der Waals surface area contributed by atoms with E-state index >= 15 is 0 Å². The minimum atomic E-state index is -0.120. The average molecular weight is 182 g/mol. The van der Waals surface area contributed by atoms with Gasteiger partial charge in [0.1, 0.15) is 0 Å². The molecule has 13 heavy (non-hydrogen) atoms. The molecule has 0 bridgehead atoms. The highest BCUT2D eigenvalue weighted by Gasteiger charge is 2.32. The van der Waals surface area contributed by atoms with Gasteiger partial charge in [-0.25, -0.2) is 0 Å². The van der Waals surface area contributed by atoms with Crippen LogP contribution in [-0.4, -0.2) is 18.5 Å².